The normalized spacial score (nSPS) is 13.0. The highest BCUT2D eigenvalue weighted by Crippen LogP contribution is 2.39. The van der Waals surface area contributed by atoms with Gasteiger partial charge in [-0.15, -0.1) is 0 Å². The van der Waals surface area contributed by atoms with Gasteiger partial charge in [0.2, 0.25) is 0 Å². The second-order valence-electron chi connectivity index (χ2n) is 13.0. The van der Waals surface area contributed by atoms with Crippen LogP contribution < -0.4 is 4.74 Å². The Morgan fingerprint density at radius 1 is 1.02 bits per heavy atom. The monoisotopic (exact) mass is 611 g/mol. The van der Waals surface area contributed by atoms with E-state index < -0.39 is 8.32 Å². The molecule has 1 unspecified atom stereocenters. The Morgan fingerprint density at radius 3 is 2.48 bits per heavy atom. The van der Waals surface area contributed by atoms with E-state index in [0.717, 1.165) is 56.4 Å². The fraction of sp³-hybridized carbons (Fsp3) is 0.389. The van der Waals surface area contributed by atoms with Gasteiger partial charge in [0.25, 0.3) is 0 Å². The van der Waals surface area contributed by atoms with E-state index in [4.69, 9.17) is 19.0 Å². The first-order valence-electron chi connectivity index (χ1n) is 15.5. The molecule has 1 atom stereocenters. The predicted molar refractivity (Wildman–Crippen MR) is 180 cm³/mol. The third-order valence-electron chi connectivity index (χ3n) is 9.02. The third-order valence-corrected chi connectivity index (χ3v) is 13.5. The number of carbonyl (C=O) groups excluding carboxylic acids is 1. The molecule has 0 saturated carbocycles. The number of nitrogens with one attached hydrogen (secondary N) is 1. The summed E-state index contributed by atoms with van der Waals surface area (Å²) in [6, 6.07) is 22.5. The quantitative estimate of drug-likeness (QED) is 0.119. The number of aromatic amines is 1. The van der Waals surface area contributed by atoms with Crippen LogP contribution >= 0.6 is 0 Å². The zero-order valence-corrected chi connectivity index (χ0v) is 28.3. The lowest BCUT2D eigenvalue weighted by atomic mass is 9.98. The Morgan fingerprint density at radius 2 is 1.73 bits per heavy atom. The van der Waals surface area contributed by atoms with Crippen molar-refractivity contribution in [3.63, 3.8) is 0 Å². The molecule has 1 N–H and O–H groups in total. The highest BCUT2D eigenvalue weighted by atomic mass is 28.4. The van der Waals surface area contributed by atoms with Gasteiger partial charge in [-0.2, -0.15) is 5.10 Å². The van der Waals surface area contributed by atoms with Crippen molar-refractivity contribution < 1.29 is 18.7 Å². The lowest BCUT2D eigenvalue weighted by molar-refractivity contribution is 0.0520. The van der Waals surface area contributed by atoms with Crippen molar-refractivity contribution in [2.75, 3.05) is 6.61 Å². The van der Waals surface area contributed by atoms with Crippen LogP contribution in [0.15, 0.2) is 66.7 Å². The summed E-state index contributed by atoms with van der Waals surface area (Å²) < 4.78 is 20.9. The number of aryl methyl sites for hydroxylation is 3. The molecule has 5 rings (SSSR count). The largest absolute Gasteiger partial charge is 0.485 e. The summed E-state index contributed by atoms with van der Waals surface area (Å²) in [7, 11) is -0.0156. The highest BCUT2D eigenvalue weighted by Gasteiger charge is 2.38. The number of nitrogens with zero attached hydrogens (tertiary/aromatic N) is 2. The van der Waals surface area contributed by atoms with Crippen molar-refractivity contribution >= 4 is 36.0 Å². The summed E-state index contributed by atoms with van der Waals surface area (Å²) in [5.41, 5.74) is 5.58. The molecule has 8 heteroatoms. The van der Waals surface area contributed by atoms with Crippen LogP contribution in [-0.4, -0.2) is 35.7 Å². The first-order chi connectivity index (χ1) is 20.9. The Kier molecular flexibility index (Phi) is 9.04. The number of aromatic nitrogens is 3. The molecular weight excluding hydrogens is 566 g/mol. The number of fused-ring (bicyclic) bond motifs is 2. The van der Waals surface area contributed by atoms with Crippen molar-refractivity contribution in [3.8, 4) is 5.75 Å². The predicted octanol–water partition coefficient (Wildman–Crippen LogP) is 8.81. The summed E-state index contributed by atoms with van der Waals surface area (Å²) in [5, 5.41) is 8.15. The smallest absolute Gasteiger partial charge is 0.354 e. The molecule has 0 bridgehead atoms. The van der Waals surface area contributed by atoms with Gasteiger partial charge in [-0.05, 0) is 67.9 Å². The Bertz CT molecular complexity index is 1770. The minimum atomic E-state index is -2.01. The molecule has 5 aromatic rings. The SMILES string of the molecule is CCOC(=O)c1cc2cccc(CCC(Oc3cccc4ccccc34)c3c(C)nn(C)c3CO[Si](C)(C)C(C)(C)C)c2[nH]1. The Balaban J connectivity index is 1.53. The summed E-state index contributed by atoms with van der Waals surface area (Å²) in [4.78, 5) is 15.8. The van der Waals surface area contributed by atoms with Gasteiger partial charge in [0.1, 0.15) is 17.5 Å². The van der Waals surface area contributed by atoms with Crippen molar-refractivity contribution in [2.24, 2.45) is 7.05 Å². The number of hydrogen-bond donors (Lipinski definition) is 1. The molecule has 0 aliphatic carbocycles. The summed E-state index contributed by atoms with van der Waals surface area (Å²) in [5.74, 6) is 0.500. The minimum Gasteiger partial charge on any atom is -0.485 e. The maximum absolute atomic E-state index is 12.5. The van der Waals surface area contributed by atoms with Crippen LogP contribution in [0.4, 0.5) is 0 Å². The van der Waals surface area contributed by atoms with Crippen molar-refractivity contribution in [1.29, 1.82) is 0 Å². The van der Waals surface area contributed by atoms with E-state index in [2.05, 4.69) is 70.0 Å². The van der Waals surface area contributed by atoms with Gasteiger partial charge in [0.05, 0.1) is 24.6 Å². The minimum absolute atomic E-state index is 0.0940. The number of esters is 1. The maximum atomic E-state index is 12.5. The van der Waals surface area contributed by atoms with E-state index in [0.29, 0.717) is 25.3 Å². The van der Waals surface area contributed by atoms with Crippen molar-refractivity contribution in [3.05, 3.63) is 94.9 Å². The van der Waals surface area contributed by atoms with Gasteiger partial charge in [-0.1, -0.05) is 75.4 Å². The first-order valence-corrected chi connectivity index (χ1v) is 18.4. The van der Waals surface area contributed by atoms with E-state index in [9.17, 15) is 4.79 Å². The number of hydrogen-bond acceptors (Lipinski definition) is 5. The molecule has 232 valence electrons. The Labute approximate surface area is 261 Å². The van der Waals surface area contributed by atoms with Gasteiger partial charge in [-0.3, -0.25) is 4.68 Å². The Hall–Kier alpha value is -3.88. The summed E-state index contributed by atoms with van der Waals surface area (Å²) in [6.07, 6.45) is 1.16. The van der Waals surface area contributed by atoms with Crippen LogP contribution in [0.1, 0.15) is 73.2 Å². The molecule has 0 aliphatic heterocycles. The molecule has 7 nitrogen and oxygen atoms in total. The molecule has 0 aliphatic rings. The number of carbonyl (C=O) groups is 1. The fourth-order valence-electron chi connectivity index (χ4n) is 5.52. The fourth-order valence-corrected chi connectivity index (χ4v) is 6.45. The van der Waals surface area contributed by atoms with E-state index in [1.54, 1.807) is 0 Å². The van der Waals surface area contributed by atoms with E-state index in [1.165, 1.54) is 0 Å². The van der Waals surface area contributed by atoms with Crippen LogP contribution in [0.25, 0.3) is 21.7 Å². The number of rotatable bonds is 11. The number of ether oxygens (including phenoxy) is 2. The van der Waals surface area contributed by atoms with E-state index in [1.807, 2.05) is 61.1 Å². The molecule has 2 heterocycles. The van der Waals surface area contributed by atoms with Crippen LogP contribution in [0.2, 0.25) is 18.1 Å². The molecule has 44 heavy (non-hydrogen) atoms. The second-order valence-corrected chi connectivity index (χ2v) is 17.8. The van der Waals surface area contributed by atoms with Gasteiger partial charge in [-0.25, -0.2) is 4.79 Å². The maximum Gasteiger partial charge on any atom is 0.354 e. The van der Waals surface area contributed by atoms with Crippen LogP contribution in [0.3, 0.4) is 0 Å². The molecule has 0 spiro atoms. The molecule has 0 radical (unpaired) electrons. The molecule has 0 amide bonds. The molecule has 2 aromatic heterocycles. The van der Waals surface area contributed by atoms with Gasteiger partial charge in [0.15, 0.2) is 8.32 Å². The molecule has 0 fully saturated rings. The van der Waals surface area contributed by atoms with Crippen LogP contribution in [0.5, 0.6) is 5.75 Å². The number of H-pyrrole nitrogens is 1. The van der Waals surface area contributed by atoms with Crippen LogP contribution in [0, 0.1) is 6.92 Å². The molecule has 0 saturated heterocycles. The van der Waals surface area contributed by atoms with Gasteiger partial charge in [0, 0.05) is 28.9 Å². The number of para-hydroxylation sites is 1. The average Bonchev–Trinajstić information content (AvgIpc) is 3.54. The lowest BCUT2D eigenvalue weighted by Crippen LogP contribution is -2.40. The third kappa shape index (κ3) is 6.47. The van der Waals surface area contributed by atoms with Gasteiger partial charge < -0.3 is 18.9 Å². The van der Waals surface area contributed by atoms with Crippen molar-refractivity contribution in [1.82, 2.24) is 14.8 Å². The van der Waals surface area contributed by atoms with Gasteiger partial charge >= 0.3 is 5.97 Å². The van der Waals surface area contributed by atoms with E-state index in [-0.39, 0.29) is 17.1 Å². The van der Waals surface area contributed by atoms with E-state index >= 15 is 0 Å². The van der Waals surface area contributed by atoms with Crippen molar-refractivity contribution in [2.45, 2.75) is 78.3 Å². The first kappa shape index (κ1) is 31.5. The van der Waals surface area contributed by atoms with Crippen LogP contribution in [-0.2, 0) is 29.2 Å². The summed E-state index contributed by atoms with van der Waals surface area (Å²) in [6.45, 7) is 16.0. The lowest BCUT2D eigenvalue weighted by Gasteiger charge is -2.36. The standard InChI is InChI=1S/C36H45N3O4Si/c1-9-41-35(40)29-22-27-17-12-16-26(34(27)37-29)20-21-32(43-31-19-13-15-25-14-10-11-18-28(25)31)33-24(2)38-39(6)30(33)23-42-44(7,8)36(3,4)5/h10-19,22,32,37H,9,20-21,23H2,1-8H3. The molecule has 3 aromatic carbocycles. The number of benzene rings is 3. The zero-order chi connectivity index (χ0) is 31.6. The highest BCUT2D eigenvalue weighted by molar-refractivity contribution is 6.74. The zero-order valence-electron chi connectivity index (χ0n) is 27.3. The average molecular weight is 612 g/mol. The molecular formula is C36H45N3O4Si. The topological polar surface area (TPSA) is 78.4 Å². The second kappa shape index (κ2) is 12.6. The summed E-state index contributed by atoms with van der Waals surface area (Å²) >= 11 is 0.